The molecule has 72 valence electrons. The average Bonchev–Trinajstić information content (AvgIpc) is 2.28. The van der Waals surface area contributed by atoms with E-state index in [0.29, 0.717) is 6.42 Å². The number of carbonyl (C=O) groups is 1. The van der Waals surface area contributed by atoms with Gasteiger partial charge in [0.05, 0.1) is 0 Å². The number of allylic oxidation sites excluding steroid dienone is 1. The molecule has 0 saturated heterocycles. The van der Waals surface area contributed by atoms with Crippen LogP contribution in [0.2, 0.25) is 0 Å². The summed E-state index contributed by atoms with van der Waals surface area (Å²) in [6.07, 6.45) is 4.15. The predicted molar refractivity (Wildman–Crippen MR) is 61.7 cm³/mol. The van der Waals surface area contributed by atoms with E-state index in [1.807, 2.05) is 18.2 Å². The molecule has 0 radical (unpaired) electrons. The van der Waals surface area contributed by atoms with Crippen LogP contribution in [-0.2, 0) is 11.2 Å². The van der Waals surface area contributed by atoms with Gasteiger partial charge in [0, 0.05) is 6.42 Å². The number of benzene rings is 2. The highest BCUT2D eigenvalue weighted by Crippen LogP contribution is 2.26. The van der Waals surface area contributed by atoms with Gasteiger partial charge in [0.25, 0.3) is 0 Å². The minimum Gasteiger partial charge on any atom is -0.294 e. The Morgan fingerprint density at radius 3 is 2.73 bits per heavy atom. The summed E-state index contributed by atoms with van der Waals surface area (Å²) in [4.78, 5) is 11.3. The van der Waals surface area contributed by atoms with Gasteiger partial charge in [0.2, 0.25) is 0 Å². The van der Waals surface area contributed by atoms with Gasteiger partial charge in [-0.3, -0.25) is 4.79 Å². The maximum atomic E-state index is 11.3. The molecule has 3 rings (SSSR count). The van der Waals surface area contributed by atoms with Gasteiger partial charge in [0.15, 0.2) is 5.78 Å². The first-order chi connectivity index (χ1) is 7.34. The lowest BCUT2D eigenvalue weighted by Gasteiger charge is -2.12. The Morgan fingerprint density at radius 2 is 1.80 bits per heavy atom. The van der Waals surface area contributed by atoms with Crippen molar-refractivity contribution in [2.45, 2.75) is 6.42 Å². The molecule has 1 heteroatoms. The molecular weight excluding hydrogens is 184 g/mol. The van der Waals surface area contributed by atoms with Crippen LogP contribution in [0.25, 0.3) is 16.8 Å². The topological polar surface area (TPSA) is 17.1 Å². The lowest BCUT2D eigenvalue weighted by Crippen LogP contribution is -2.05. The molecule has 0 atom stereocenters. The Morgan fingerprint density at radius 1 is 0.933 bits per heavy atom. The fraction of sp³-hybridized carbons (Fsp3) is 0.0714. The third-order valence-corrected chi connectivity index (χ3v) is 2.86. The summed E-state index contributed by atoms with van der Waals surface area (Å²) in [5, 5.41) is 2.47. The standard InChI is InChI=1S/C14H10O/c15-12-7-8-14-11(9-12)6-5-10-3-1-2-4-13(10)14/h1-8H,9H2. The average molecular weight is 194 g/mol. The second-order valence-corrected chi connectivity index (χ2v) is 3.84. The van der Waals surface area contributed by atoms with Gasteiger partial charge in [-0.1, -0.05) is 42.5 Å². The number of carbonyl (C=O) groups excluding carboxylic acids is 1. The van der Waals surface area contributed by atoms with Gasteiger partial charge in [-0.15, -0.1) is 0 Å². The van der Waals surface area contributed by atoms with Crippen molar-refractivity contribution in [3.63, 3.8) is 0 Å². The molecular formula is C14H10O. The van der Waals surface area contributed by atoms with E-state index >= 15 is 0 Å². The van der Waals surface area contributed by atoms with E-state index < -0.39 is 0 Å². The highest BCUT2D eigenvalue weighted by molar-refractivity contribution is 6.03. The number of fused-ring (bicyclic) bond motifs is 3. The highest BCUT2D eigenvalue weighted by Gasteiger charge is 2.11. The maximum absolute atomic E-state index is 11.3. The fourth-order valence-electron chi connectivity index (χ4n) is 2.11. The fourth-order valence-corrected chi connectivity index (χ4v) is 2.11. The maximum Gasteiger partial charge on any atom is 0.160 e. The van der Waals surface area contributed by atoms with Crippen LogP contribution >= 0.6 is 0 Å². The van der Waals surface area contributed by atoms with Gasteiger partial charge in [-0.05, 0) is 28.0 Å². The van der Waals surface area contributed by atoms with E-state index in [9.17, 15) is 4.79 Å². The van der Waals surface area contributed by atoms with Crippen LogP contribution < -0.4 is 0 Å². The molecule has 1 nitrogen and oxygen atoms in total. The predicted octanol–water partition coefficient (Wildman–Crippen LogP) is 2.98. The van der Waals surface area contributed by atoms with Crippen molar-refractivity contribution in [3.8, 4) is 0 Å². The normalized spacial score (nSPS) is 14.3. The van der Waals surface area contributed by atoms with Gasteiger partial charge in [-0.25, -0.2) is 0 Å². The van der Waals surface area contributed by atoms with E-state index in [2.05, 4.69) is 24.3 Å². The van der Waals surface area contributed by atoms with E-state index in [4.69, 9.17) is 0 Å². The first-order valence-corrected chi connectivity index (χ1v) is 5.06. The summed E-state index contributed by atoms with van der Waals surface area (Å²) in [6.45, 7) is 0. The lowest BCUT2D eigenvalue weighted by molar-refractivity contribution is -0.114. The number of ketones is 1. The van der Waals surface area contributed by atoms with Crippen LogP contribution in [0, 0.1) is 0 Å². The Balaban J connectivity index is 2.37. The van der Waals surface area contributed by atoms with Crippen molar-refractivity contribution in [2.75, 3.05) is 0 Å². The first-order valence-electron chi connectivity index (χ1n) is 5.06. The number of rotatable bonds is 0. The van der Waals surface area contributed by atoms with Crippen LogP contribution in [-0.4, -0.2) is 5.78 Å². The largest absolute Gasteiger partial charge is 0.294 e. The molecule has 1 aliphatic rings. The van der Waals surface area contributed by atoms with Crippen LogP contribution in [0.4, 0.5) is 0 Å². The molecule has 0 unspecified atom stereocenters. The Labute approximate surface area is 88.0 Å². The number of hydrogen-bond acceptors (Lipinski definition) is 1. The Bertz CT molecular complexity index is 579. The molecule has 0 spiro atoms. The Kier molecular flexibility index (Phi) is 1.72. The summed E-state index contributed by atoms with van der Waals surface area (Å²) in [6, 6.07) is 12.4. The van der Waals surface area contributed by atoms with Gasteiger partial charge < -0.3 is 0 Å². The molecule has 2 aromatic carbocycles. The van der Waals surface area contributed by atoms with Crippen LogP contribution in [0.5, 0.6) is 0 Å². The third-order valence-electron chi connectivity index (χ3n) is 2.86. The van der Waals surface area contributed by atoms with Crippen molar-refractivity contribution in [2.24, 2.45) is 0 Å². The van der Waals surface area contributed by atoms with Crippen molar-refractivity contribution in [3.05, 3.63) is 53.6 Å². The van der Waals surface area contributed by atoms with Gasteiger partial charge in [0.1, 0.15) is 0 Å². The zero-order chi connectivity index (χ0) is 10.3. The number of hydrogen-bond donors (Lipinski definition) is 0. The van der Waals surface area contributed by atoms with Crippen LogP contribution in [0.3, 0.4) is 0 Å². The minimum absolute atomic E-state index is 0.192. The zero-order valence-corrected chi connectivity index (χ0v) is 8.23. The van der Waals surface area contributed by atoms with E-state index in [1.165, 1.54) is 16.3 Å². The summed E-state index contributed by atoms with van der Waals surface area (Å²) >= 11 is 0. The smallest absolute Gasteiger partial charge is 0.160 e. The molecule has 0 aromatic heterocycles. The van der Waals surface area contributed by atoms with Gasteiger partial charge in [-0.2, -0.15) is 0 Å². The monoisotopic (exact) mass is 194 g/mol. The summed E-state index contributed by atoms with van der Waals surface area (Å²) in [7, 11) is 0. The summed E-state index contributed by atoms with van der Waals surface area (Å²) in [5.74, 6) is 0.192. The quantitative estimate of drug-likeness (QED) is 0.630. The molecule has 0 N–H and O–H groups in total. The van der Waals surface area contributed by atoms with Crippen molar-refractivity contribution in [1.29, 1.82) is 0 Å². The molecule has 0 saturated carbocycles. The molecule has 2 aromatic rings. The lowest BCUT2D eigenvalue weighted by atomic mass is 9.92. The van der Waals surface area contributed by atoms with Crippen molar-refractivity contribution in [1.82, 2.24) is 0 Å². The van der Waals surface area contributed by atoms with E-state index in [0.717, 1.165) is 5.56 Å². The molecule has 0 heterocycles. The van der Waals surface area contributed by atoms with E-state index in [-0.39, 0.29) is 5.78 Å². The van der Waals surface area contributed by atoms with Crippen LogP contribution in [0.1, 0.15) is 11.1 Å². The molecule has 15 heavy (non-hydrogen) atoms. The van der Waals surface area contributed by atoms with E-state index in [1.54, 1.807) is 6.08 Å². The second kappa shape index (κ2) is 3.06. The minimum atomic E-state index is 0.192. The van der Waals surface area contributed by atoms with Gasteiger partial charge >= 0.3 is 0 Å². The molecule has 1 aliphatic carbocycles. The molecule has 0 aliphatic heterocycles. The van der Waals surface area contributed by atoms with Crippen molar-refractivity contribution < 1.29 is 4.79 Å². The molecule has 0 bridgehead atoms. The van der Waals surface area contributed by atoms with Crippen LogP contribution in [0.15, 0.2) is 42.5 Å². The Hall–Kier alpha value is -1.89. The third kappa shape index (κ3) is 1.28. The summed E-state index contributed by atoms with van der Waals surface area (Å²) < 4.78 is 0. The molecule has 0 amide bonds. The SMILES string of the molecule is O=C1C=Cc2c(ccc3ccccc23)C1. The van der Waals surface area contributed by atoms with Crippen molar-refractivity contribution >= 4 is 22.6 Å². The first kappa shape index (κ1) is 8.42. The highest BCUT2D eigenvalue weighted by atomic mass is 16.1. The molecule has 0 fully saturated rings. The second-order valence-electron chi connectivity index (χ2n) is 3.84. The zero-order valence-electron chi connectivity index (χ0n) is 8.23. The summed E-state index contributed by atoms with van der Waals surface area (Å²) in [5.41, 5.74) is 2.34.